The Balaban J connectivity index is 1.65. The second-order valence-corrected chi connectivity index (χ2v) is 7.92. The molecule has 0 radical (unpaired) electrons. The van der Waals surface area contributed by atoms with E-state index in [9.17, 15) is 9.59 Å². The summed E-state index contributed by atoms with van der Waals surface area (Å²) in [6, 6.07) is 7.98. The predicted octanol–water partition coefficient (Wildman–Crippen LogP) is 2.38. The summed E-state index contributed by atoms with van der Waals surface area (Å²) in [5.74, 6) is 0.812. The Morgan fingerprint density at radius 3 is 2.67 bits per heavy atom. The quantitative estimate of drug-likeness (QED) is 0.850. The molecule has 3 heterocycles. The van der Waals surface area contributed by atoms with Gasteiger partial charge in [-0.2, -0.15) is 0 Å². The molecular weight excluding hydrogens is 302 g/mol. The summed E-state index contributed by atoms with van der Waals surface area (Å²) in [6.45, 7) is 5.52. The van der Waals surface area contributed by atoms with E-state index in [1.807, 2.05) is 29.2 Å². The van der Waals surface area contributed by atoms with Gasteiger partial charge in [-0.3, -0.25) is 13.9 Å². The molecule has 5 heteroatoms. The van der Waals surface area contributed by atoms with Gasteiger partial charge < -0.3 is 4.90 Å². The van der Waals surface area contributed by atoms with Crippen LogP contribution >= 0.6 is 0 Å². The van der Waals surface area contributed by atoms with E-state index in [4.69, 9.17) is 0 Å². The van der Waals surface area contributed by atoms with Crippen molar-refractivity contribution >= 4 is 16.9 Å². The fourth-order valence-electron chi connectivity index (χ4n) is 4.71. The fraction of sp³-hybridized carbons (Fsp3) is 0.579. The molecular formula is C19H25N3O2. The average molecular weight is 327 g/mol. The first kappa shape index (κ1) is 15.5. The summed E-state index contributed by atoms with van der Waals surface area (Å²) in [6.07, 6.45) is 3.39. The minimum absolute atomic E-state index is 0.0758. The molecule has 2 aliphatic heterocycles. The Labute approximate surface area is 141 Å². The van der Waals surface area contributed by atoms with Crippen LogP contribution in [0.5, 0.6) is 0 Å². The summed E-state index contributed by atoms with van der Waals surface area (Å²) >= 11 is 0. The smallest absolute Gasteiger partial charge is 0.329 e. The maximum atomic E-state index is 13.0. The lowest BCUT2D eigenvalue weighted by Crippen LogP contribution is -2.58. The van der Waals surface area contributed by atoms with Gasteiger partial charge in [-0.05, 0) is 42.7 Å². The number of para-hydroxylation sites is 2. The van der Waals surface area contributed by atoms with Crippen LogP contribution in [0.25, 0.3) is 11.0 Å². The Hall–Kier alpha value is -2.04. The molecule has 5 nitrogen and oxygen atoms in total. The number of imidazole rings is 1. The number of aryl methyl sites for hydroxylation is 1. The number of amides is 1. The number of hydrogen-bond acceptors (Lipinski definition) is 2. The van der Waals surface area contributed by atoms with E-state index in [0.717, 1.165) is 36.3 Å². The normalized spacial score (nSPS) is 25.4. The lowest BCUT2D eigenvalue weighted by atomic mass is 9.57. The maximum absolute atomic E-state index is 13.0. The lowest BCUT2D eigenvalue weighted by Gasteiger charge is -2.54. The highest BCUT2D eigenvalue weighted by Crippen LogP contribution is 2.53. The molecule has 2 aromatic rings. The molecule has 1 saturated carbocycles. The van der Waals surface area contributed by atoms with E-state index in [2.05, 4.69) is 13.8 Å². The van der Waals surface area contributed by atoms with Crippen LogP contribution in [0.15, 0.2) is 29.1 Å². The van der Waals surface area contributed by atoms with E-state index in [-0.39, 0.29) is 23.6 Å². The van der Waals surface area contributed by atoms with Gasteiger partial charge >= 0.3 is 5.69 Å². The average Bonchev–Trinajstić information content (AvgIpc) is 2.78. The minimum Gasteiger partial charge on any atom is -0.338 e. The molecule has 2 atom stereocenters. The van der Waals surface area contributed by atoms with E-state index in [0.29, 0.717) is 6.04 Å². The van der Waals surface area contributed by atoms with E-state index in [1.165, 1.54) is 6.42 Å². The van der Waals surface area contributed by atoms with Crippen molar-refractivity contribution < 1.29 is 4.79 Å². The van der Waals surface area contributed by atoms with Crippen LogP contribution in [0.4, 0.5) is 0 Å². The molecule has 5 rings (SSSR count). The number of carbonyl (C=O) groups excluding carboxylic acids is 1. The zero-order valence-corrected chi connectivity index (χ0v) is 14.7. The fourth-order valence-corrected chi connectivity index (χ4v) is 4.71. The topological polar surface area (TPSA) is 47.2 Å². The van der Waals surface area contributed by atoms with Crippen molar-refractivity contribution in [2.24, 2.45) is 18.4 Å². The van der Waals surface area contributed by atoms with Gasteiger partial charge in [0.1, 0.15) is 6.54 Å². The Morgan fingerprint density at radius 1 is 1.25 bits per heavy atom. The first-order valence-corrected chi connectivity index (χ1v) is 8.85. The number of carbonyl (C=O) groups is 1. The number of benzene rings is 1. The number of hydrogen-bond donors (Lipinski definition) is 0. The second kappa shape index (κ2) is 5.23. The van der Waals surface area contributed by atoms with Gasteiger partial charge in [0.25, 0.3) is 0 Å². The zero-order chi connectivity index (χ0) is 17.1. The first-order valence-electron chi connectivity index (χ1n) is 8.85. The highest BCUT2D eigenvalue weighted by Gasteiger charge is 2.52. The van der Waals surface area contributed by atoms with Crippen LogP contribution in [-0.2, 0) is 18.4 Å². The van der Waals surface area contributed by atoms with Crippen molar-refractivity contribution in [3.8, 4) is 0 Å². The molecule has 2 unspecified atom stereocenters. The van der Waals surface area contributed by atoms with Crippen molar-refractivity contribution in [1.29, 1.82) is 0 Å². The SMILES string of the molecule is Cn1c(=O)n(CC(=O)N2CCCC3CC2C3(C)C)c2ccccc21. The third-order valence-electron chi connectivity index (χ3n) is 6.41. The van der Waals surface area contributed by atoms with E-state index >= 15 is 0 Å². The first-order chi connectivity index (χ1) is 11.4. The Bertz CT molecular complexity index is 861. The van der Waals surface area contributed by atoms with Crippen LogP contribution < -0.4 is 5.69 Å². The largest absolute Gasteiger partial charge is 0.338 e. The number of rotatable bonds is 2. The van der Waals surface area contributed by atoms with Crippen LogP contribution in [0.2, 0.25) is 0 Å². The summed E-state index contributed by atoms with van der Waals surface area (Å²) in [7, 11) is 1.76. The number of nitrogens with zero attached hydrogens (tertiary/aromatic N) is 3. The van der Waals surface area contributed by atoms with Crippen LogP contribution in [0, 0.1) is 11.3 Å². The molecule has 24 heavy (non-hydrogen) atoms. The molecule has 1 aliphatic carbocycles. The number of aromatic nitrogens is 2. The molecule has 2 bridgehead atoms. The van der Waals surface area contributed by atoms with Gasteiger partial charge in [0.05, 0.1) is 11.0 Å². The van der Waals surface area contributed by atoms with Gasteiger partial charge in [0.2, 0.25) is 5.91 Å². The van der Waals surface area contributed by atoms with Crippen LogP contribution in [0.3, 0.4) is 0 Å². The van der Waals surface area contributed by atoms with Gasteiger partial charge in [0, 0.05) is 19.6 Å². The highest BCUT2D eigenvalue weighted by molar-refractivity contribution is 5.81. The monoisotopic (exact) mass is 327 g/mol. The molecule has 0 N–H and O–H groups in total. The zero-order valence-electron chi connectivity index (χ0n) is 14.7. The molecule has 0 spiro atoms. The molecule has 2 saturated heterocycles. The van der Waals surface area contributed by atoms with Crippen molar-refractivity contribution in [1.82, 2.24) is 14.0 Å². The summed E-state index contributed by atoms with van der Waals surface area (Å²) in [4.78, 5) is 27.6. The lowest BCUT2D eigenvalue weighted by molar-refractivity contribution is -0.143. The second-order valence-electron chi connectivity index (χ2n) is 7.92. The Morgan fingerprint density at radius 2 is 1.96 bits per heavy atom. The summed E-state index contributed by atoms with van der Waals surface area (Å²) < 4.78 is 3.24. The Kier molecular flexibility index (Phi) is 3.37. The van der Waals surface area contributed by atoms with Crippen molar-refractivity contribution in [2.45, 2.75) is 45.7 Å². The molecule has 3 fully saturated rings. The van der Waals surface area contributed by atoms with Crippen LogP contribution in [0.1, 0.15) is 33.1 Å². The third-order valence-corrected chi connectivity index (χ3v) is 6.41. The molecule has 1 aromatic carbocycles. The van der Waals surface area contributed by atoms with Crippen LogP contribution in [-0.4, -0.2) is 32.5 Å². The van der Waals surface area contributed by atoms with Gasteiger partial charge in [-0.1, -0.05) is 26.0 Å². The molecule has 3 aliphatic rings. The van der Waals surface area contributed by atoms with Crippen molar-refractivity contribution in [3.05, 3.63) is 34.7 Å². The van der Waals surface area contributed by atoms with Crippen molar-refractivity contribution in [2.75, 3.05) is 6.54 Å². The third kappa shape index (κ3) is 2.06. The highest BCUT2D eigenvalue weighted by atomic mass is 16.2. The predicted molar refractivity (Wildman–Crippen MR) is 93.8 cm³/mol. The summed E-state index contributed by atoms with van der Waals surface area (Å²) in [5, 5.41) is 0. The number of fused-ring (bicyclic) bond motifs is 4. The molecule has 1 amide bonds. The van der Waals surface area contributed by atoms with Gasteiger partial charge in [-0.25, -0.2) is 4.79 Å². The molecule has 128 valence electrons. The standard InChI is InChI=1S/C19H25N3O2/c1-19(2)13-7-6-10-21(16(19)11-13)17(23)12-22-15-9-5-4-8-14(15)20(3)18(22)24/h4-5,8-9,13,16H,6-7,10-12H2,1-3H3. The molecule has 1 aromatic heterocycles. The van der Waals surface area contributed by atoms with Gasteiger partial charge in [0.15, 0.2) is 0 Å². The van der Waals surface area contributed by atoms with E-state index in [1.54, 1.807) is 16.2 Å². The van der Waals surface area contributed by atoms with Gasteiger partial charge in [-0.15, -0.1) is 0 Å². The minimum atomic E-state index is -0.120. The van der Waals surface area contributed by atoms with E-state index < -0.39 is 0 Å². The maximum Gasteiger partial charge on any atom is 0.329 e. The van der Waals surface area contributed by atoms with Crippen molar-refractivity contribution in [3.63, 3.8) is 0 Å². The summed E-state index contributed by atoms with van der Waals surface area (Å²) in [5.41, 5.74) is 1.79.